The minimum Gasteiger partial charge on any atom is -0.320 e. The van der Waals surface area contributed by atoms with Crippen LogP contribution in [0.4, 0.5) is 5.69 Å². The molecular weight excluding hydrogens is 529 g/mol. The van der Waals surface area contributed by atoms with Crippen LogP contribution in [0.15, 0.2) is 48.5 Å². The van der Waals surface area contributed by atoms with Crippen molar-refractivity contribution >= 4 is 57.9 Å². The molecule has 0 spiro atoms. The molecule has 1 saturated carbocycles. The van der Waals surface area contributed by atoms with Crippen molar-refractivity contribution in [1.29, 1.82) is 0 Å². The molecule has 0 radical (unpaired) electrons. The average Bonchev–Trinajstić information content (AvgIpc) is 3.47. The number of benzene rings is 2. The fourth-order valence-corrected chi connectivity index (χ4v) is 5.99. The molecule has 1 aromatic heterocycles. The van der Waals surface area contributed by atoms with Gasteiger partial charge < -0.3 is 10.2 Å². The zero-order valence-corrected chi connectivity index (χ0v) is 23.0. The van der Waals surface area contributed by atoms with Crippen molar-refractivity contribution in [3.8, 4) is 0 Å². The van der Waals surface area contributed by atoms with Gasteiger partial charge in [0.25, 0.3) is 17.7 Å². The third-order valence-electron chi connectivity index (χ3n) is 7.16. The molecule has 3 amide bonds. The molecule has 6 nitrogen and oxygen atoms in total. The largest absolute Gasteiger partial charge is 0.320 e. The summed E-state index contributed by atoms with van der Waals surface area (Å²) in [7, 11) is 4.20. The zero-order chi connectivity index (χ0) is 26.3. The summed E-state index contributed by atoms with van der Waals surface area (Å²) in [6.07, 6.45) is 4.13. The van der Waals surface area contributed by atoms with Crippen molar-refractivity contribution in [3.05, 3.63) is 85.0 Å². The van der Waals surface area contributed by atoms with Crippen molar-refractivity contribution in [2.24, 2.45) is 0 Å². The molecule has 3 aromatic rings. The molecule has 1 fully saturated rings. The standard InChI is InChI=1S/C28H27Cl2N3O3S/c1-32(2)14-12-28(10-11-28)18-5-3-17(4-6-18)9-13-33-26(35)20-15-19(29)16-21(24(20)27(33)36)31-25(34)22-7-8-23(30)37-22/h3-8,15-16H,9-14H2,1-2H3,(H,31,34). The number of nitrogens with one attached hydrogen (secondary N) is 1. The first-order valence-electron chi connectivity index (χ1n) is 12.2. The van der Waals surface area contributed by atoms with Gasteiger partial charge in [-0.15, -0.1) is 11.3 Å². The van der Waals surface area contributed by atoms with Crippen molar-refractivity contribution < 1.29 is 14.4 Å². The van der Waals surface area contributed by atoms with Crippen molar-refractivity contribution in [3.63, 3.8) is 0 Å². The molecule has 0 bridgehead atoms. The lowest BCUT2D eigenvalue weighted by atomic mass is 9.91. The second-order valence-corrected chi connectivity index (χ2v) is 12.1. The van der Waals surface area contributed by atoms with Gasteiger partial charge in [-0.05, 0) is 87.1 Å². The number of carbonyl (C=O) groups is 3. The number of amides is 3. The Morgan fingerprint density at radius 1 is 1.05 bits per heavy atom. The Bertz CT molecular complexity index is 1380. The van der Waals surface area contributed by atoms with Gasteiger partial charge in [0.2, 0.25) is 0 Å². The predicted molar refractivity (Wildman–Crippen MR) is 148 cm³/mol. The molecule has 2 aliphatic rings. The fraction of sp³-hybridized carbons (Fsp3) is 0.321. The van der Waals surface area contributed by atoms with Crippen LogP contribution in [0.25, 0.3) is 0 Å². The Morgan fingerprint density at radius 3 is 2.41 bits per heavy atom. The van der Waals surface area contributed by atoms with Crippen LogP contribution in [0, 0.1) is 0 Å². The van der Waals surface area contributed by atoms with E-state index in [2.05, 4.69) is 48.6 Å². The number of thiophene rings is 1. The summed E-state index contributed by atoms with van der Waals surface area (Å²) >= 11 is 13.3. The highest BCUT2D eigenvalue weighted by Crippen LogP contribution is 2.51. The first-order valence-corrected chi connectivity index (χ1v) is 13.7. The quantitative estimate of drug-likeness (QED) is 0.322. The maximum absolute atomic E-state index is 13.3. The second kappa shape index (κ2) is 10.2. The Hall–Kier alpha value is -2.71. The molecule has 0 unspecified atom stereocenters. The van der Waals surface area contributed by atoms with E-state index in [1.165, 1.54) is 35.4 Å². The smallest absolute Gasteiger partial charge is 0.265 e. The van der Waals surface area contributed by atoms with Crippen molar-refractivity contribution in [1.82, 2.24) is 9.80 Å². The molecule has 1 N–H and O–H groups in total. The first-order chi connectivity index (χ1) is 17.7. The summed E-state index contributed by atoms with van der Waals surface area (Å²) in [5.41, 5.74) is 3.29. The number of carbonyl (C=O) groups excluding carboxylic acids is 3. The van der Waals surface area contributed by atoms with E-state index in [0.717, 1.165) is 29.9 Å². The van der Waals surface area contributed by atoms with Gasteiger partial charge in [-0.25, -0.2) is 0 Å². The van der Waals surface area contributed by atoms with E-state index >= 15 is 0 Å². The van der Waals surface area contributed by atoms with Gasteiger partial charge in [0, 0.05) is 11.6 Å². The highest BCUT2D eigenvalue weighted by molar-refractivity contribution is 7.18. The van der Waals surface area contributed by atoms with Gasteiger partial charge >= 0.3 is 0 Å². The number of halogens is 2. The van der Waals surface area contributed by atoms with Crippen LogP contribution in [0.5, 0.6) is 0 Å². The minimum atomic E-state index is -0.437. The minimum absolute atomic E-state index is 0.164. The molecule has 0 saturated heterocycles. The zero-order valence-electron chi connectivity index (χ0n) is 20.6. The fourth-order valence-electron chi connectivity index (χ4n) is 4.84. The van der Waals surface area contributed by atoms with Crippen molar-refractivity contribution in [2.75, 3.05) is 32.5 Å². The lowest BCUT2D eigenvalue weighted by molar-refractivity contribution is 0.0656. The maximum Gasteiger partial charge on any atom is 0.265 e. The SMILES string of the molecule is CN(C)CCC1(c2ccc(CCN3C(=O)c4cc(Cl)cc(NC(=O)c5ccc(Cl)s5)c4C3=O)cc2)CC1. The first kappa shape index (κ1) is 25.9. The van der Waals surface area contributed by atoms with Gasteiger partial charge in [-0.1, -0.05) is 47.5 Å². The van der Waals surface area contributed by atoms with E-state index in [9.17, 15) is 14.4 Å². The van der Waals surface area contributed by atoms with Crippen LogP contribution < -0.4 is 5.32 Å². The van der Waals surface area contributed by atoms with Gasteiger partial charge in [0.05, 0.1) is 26.0 Å². The Kier molecular flexibility index (Phi) is 7.16. The van der Waals surface area contributed by atoms with Gasteiger partial charge in [0.1, 0.15) is 0 Å². The molecule has 1 aliphatic heterocycles. The summed E-state index contributed by atoms with van der Waals surface area (Å²) in [6, 6.07) is 14.8. The molecule has 0 atom stereocenters. The van der Waals surface area contributed by atoms with Crippen LogP contribution in [-0.2, 0) is 11.8 Å². The summed E-state index contributed by atoms with van der Waals surface area (Å²) in [6.45, 7) is 1.30. The van der Waals surface area contributed by atoms with E-state index in [0.29, 0.717) is 21.0 Å². The second-order valence-electron chi connectivity index (χ2n) is 9.98. The molecule has 9 heteroatoms. The van der Waals surface area contributed by atoms with Crippen LogP contribution >= 0.6 is 34.5 Å². The lowest BCUT2D eigenvalue weighted by Crippen LogP contribution is -2.32. The van der Waals surface area contributed by atoms with E-state index in [1.807, 2.05) is 0 Å². The number of anilines is 1. The van der Waals surface area contributed by atoms with Crippen LogP contribution in [0.2, 0.25) is 9.36 Å². The Labute approximate surface area is 230 Å². The molecule has 1 aliphatic carbocycles. The van der Waals surface area contributed by atoms with E-state index in [1.54, 1.807) is 12.1 Å². The monoisotopic (exact) mass is 555 g/mol. The maximum atomic E-state index is 13.3. The van der Waals surface area contributed by atoms with Crippen LogP contribution in [0.1, 0.15) is 60.8 Å². The molecule has 192 valence electrons. The summed E-state index contributed by atoms with van der Waals surface area (Å²) in [4.78, 5) is 42.9. The third kappa shape index (κ3) is 5.32. The Balaban J connectivity index is 1.28. The number of hydrogen-bond acceptors (Lipinski definition) is 5. The molecule has 37 heavy (non-hydrogen) atoms. The van der Waals surface area contributed by atoms with E-state index in [4.69, 9.17) is 23.2 Å². The number of hydrogen-bond donors (Lipinski definition) is 1. The molecule has 2 aromatic carbocycles. The lowest BCUT2D eigenvalue weighted by Gasteiger charge is -2.19. The molecule has 2 heterocycles. The third-order valence-corrected chi connectivity index (χ3v) is 8.61. The van der Waals surface area contributed by atoms with Crippen molar-refractivity contribution in [2.45, 2.75) is 31.1 Å². The van der Waals surface area contributed by atoms with Crippen LogP contribution in [-0.4, -0.2) is 54.7 Å². The van der Waals surface area contributed by atoms with Gasteiger partial charge in [0.15, 0.2) is 0 Å². The van der Waals surface area contributed by atoms with Crippen LogP contribution in [0.3, 0.4) is 0 Å². The molecule has 5 rings (SSSR count). The summed E-state index contributed by atoms with van der Waals surface area (Å²) in [5, 5.41) is 2.99. The normalized spacial score (nSPS) is 15.9. The van der Waals surface area contributed by atoms with E-state index < -0.39 is 17.7 Å². The highest BCUT2D eigenvalue weighted by Gasteiger charge is 2.43. The number of fused-ring (bicyclic) bond motifs is 1. The topological polar surface area (TPSA) is 69.7 Å². The number of imide groups is 1. The predicted octanol–water partition coefficient (Wildman–Crippen LogP) is 6.13. The average molecular weight is 557 g/mol. The summed E-state index contributed by atoms with van der Waals surface area (Å²) < 4.78 is 0.479. The number of rotatable bonds is 9. The molecular formula is C28H27Cl2N3O3S. The summed E-state index contributed by atoms with van der Waals surface area (Å²) in [5.74, 6) is -1.26. The van der Waals surface area contributed by atoms with E-state index in [-0.39, 0.29) is 28.4 Å². The van der Waals surface area contributed by atoms with Gasteiger partial charge in [-0.2, -0.15) is 0 Å². The number of nitrogens with zero attached hydrogens (tertiary/aromatic N) is 2. The Morgan fingerprint density at radius 2 is 1.78 bits per heavy atom. The highest BCUT2D eigenvalue weighted by atomic mass is 35.5. The van der Waals surface area contributed by atoms with Gasteiger partial charge in [-0.3, -0.25) is 19.3 Å².